The Labute approximate surface area is 218 Å². The molecule has 202 valence electrons. The Morgan fingerprint density at radius 2 is 1.76 bits per heavy atom. The van der Waals surface area contributed by atoms with Crippen LogP contribution in [0.4, 0.5) is 22.0 Å². The zero-order valence-corrected chi connectivity index (χ0v) is 20.5. The van der Waals surface area contributed by atoms with Gasteiger partial charge in [0.05, 0.1) is 18.5 Å². The first kappa shape index (κ1) is 28.6. The molecule has 1 heterocycles. The topological polar surface area (TPSA) is 145 Å². The summed E-state index contributed by atoms with van der Waals surface area (Å²) < 4.78 is 78.3. The van der Waals surface area contributed by atoms with Crippen molar-refractivity contribution < 1.29 is 50.6 Å². The average Bonchev–Trinajstić information content (AvgIpc) is 3.22. The van der Waals surface area contributed by atoms with E-state index in [2.05, 4.69) is 26.2 Å². The SMILES string of the molecule is NC(=O)c1c(F)ccc(OC(CNC(=O)CCC(=O)O)c2nc(-c3ccc(C(F)(F)F)cc3)c(Br)o2)c1F. The highest BCUT2D eigenvalue weighted by Gasteiger charge is 2.31. The molecule has 0 bridgehead atoms. The van der Waals surface area contributed by atoms with Gasteiger partial charge in [0.25, 0.3) is 5.91 Å². The number of hydrogen-bond acceptors (Lipinski definition) is 6. The van der Waals surface area contributed by atoms with Gasteiger partial charge in [0.2, 0.25) is 11.8 Å². The zero-order valence-electron chi connectivity index (χ0n) is 18.9. The van der Waals surface area contributed by atoms with E-state index in [0.29, 0.717) is 0 Å². The van der Waals surface area contributed by atoms with Gasteiger partial charge in [0, 0.05) is 12.0 Å². The number of carbonyl (C=O) groups is 3. The third-order valence-corrected chi connectivity index (χ3v) is 5.52. The molecule has 0 saturated carbocycles. The molecule has 0 saturated heterocycles. The lowest BCUT2D eigenvalue weighted by molar-refractivity contribution is -0.139. The van der Waals surface area contributed by atoms with Crippen molar-refractivity contribution in [2.45, 2.75) is 25.1 Å². The smallest absolute Gasteiger partial charge is 0.416 e. The average molecular weight is 606 g/mol. The fourth-order valence-corrected chi connectivity index (χ4v) is 3.63. The van der Waals surface area contributed by atoms with E-state index in [1.165, 1.54) is 0 Å². The Kier molecular flexibility index (Phi) is 8.70. The summed E-state index contributed by atoms with van der Waals surface area (Å²) in [7, 11) is 0. The van der Waals surface area contributed by atoms with Crippen molar-refractivity contribution in [2.24, 2.45) is 5.73 Å². The predicted molar refractivity (Wildman–Crippen MR) is 123 cm³/mol. The van der Waals surface area contributed by atoms with Crippen LogP contribution in [0.2, 0.25) is 0 Å². The number of ether oxygens (including phenoxy) is 1. The van der Waals surface area contributed by atoms with Gasteiger partial charge in [-0.15, -0.1) is 0 Å². The normalized spacial score (nSPS) is 12.2. The van der Waals surface area contributed by atoms with Crippen molar-refractivity contribution >= 4 is 33.7 Å². The number of carboxylic acid groups (broad SMARTS) is 1. The number of carboxylic acids is 1. The predicted octanol–water partition coefficient (Wildman–Crippen LogP) is 4.60. The molecule has 0 aliphatic rings. The standard InChI is InChI=1S/C23H17BrF5N3O6/c24-20-19(10-1-3-11(4-2-10)23(27,28)29)32-22(38-20)14(9-31-15(33)7-8-16(34)35)37-13-6-5-12(25)17(18(13)26)21(30)36/h1-6,14H,7-9H2,(H2,30,36)(H,31,33)(H,34,35). The first-order valence-electron chi connectivity index (χ1n) is 10.5. The Bertz CT molecular complexity index is 1360. The Morgan fingerprint density at radius 3 is 2.34 bits per heavy atom. The van der Waals surface area contributed by atoms with Crippen molar-refractivity contribution in [3.05, 3.63) is 69.7 Å². The van der Waals surface area contributed by atoms with E-state index in [1.54, 1.807) is 0 Å². The fourth-order valence-electron chi connectivity index (χ4n) is 3.15. The molecule has 38 heavy (non-hydrogen) atoms. The highest BCUT2D eigenvalue weighted by atomic mass is 79.9. The number of alkyl halides is 3. The molecule has 0 radical (unpaired) electrons. The van der Waals surface area contributed by atoms with Gasteiger partial charge in [-0.1, -0.05) is 12.1 Å². The third kappa shape index (κ3) is 6.85. The van der Waals surface area contributed by atoms with Crippen LogP contribution >= 0.6 is 15.9 Å². The second-order valence-corrected chi connectivity index (χ2v) is 8.37. The largest absolute Gasteiger partial charge is 0.481 e. The lowest BCUT2D eigenvalue weighted by Gasteiger charge is -2.18. The van der Waals surface area contributed by atoms with Crippen LogP contribution in [0, 0.1) is 11.6 Å². The first-order chi connectivity index (χ1) is 17.8. The van der Waals surface area contributed by atoms with Gasteiger partial charge in [-0.25, -0.2) is 13.8 Å². The number of benzene rings is 2. The number of carbonyl (C=O) groups excluding carboxylic acids is 2. The van der Waals surface area contributed by atoms with Crippen molar-refractivity contribution in [3.8, 4) is 17.0 Å². The van der Waals surface area contributed by atoms with Gasteiger partial charge >= 0.3 is 12.1 Å². The lowest BCUT2D eigenvalue weighted by atomic mass is 10.1. The number of nitrogens with two attached hydrogens (primary N) is 1. The number of hydrogen-bond donors (Lipinski definition) is 3. The van der Waals surface area contributed by atoms with E-state index in [0.717, 1.165) is 36.4 Å². The number of rotatable bonds is 10. The van der Waals surface area contributed by atoms with Crippen LogP contribution in [0.25, 0.3) is 11.3 Å². The minimum atomic E-state index is -4.56. The summed E-state index contributed by atoms with van der Waals surface area (Å²) in [6.07, 6.45) is -6.87. The van der Waals surface area contributed by atoms with E-state index >= 15 is 0 Å². The molecule has 0 spiro atoms. The summed E-state index contributed by atoms with van der Waals surface area (Å²) in [6, 6.07) is 5.50. The molecule has 2 aromatic carbocycles. The van der Waals surface area contributed by atoms with Gasteiger partial charge in [-0.05, 0) is 40.2 Å². The van der Waals surface area contributed by atoms with Crippen LogP contribution in [0.15, 0.2) is 45.5 Å². The molecule has 3 rings (SSSR count). The maximum Gasteiger partial charge on any atom is 0.416 e. The quantitative estimate of drug-likeness (QED) is 0.286. The van der Waals surface area contributed by atoms with Crippen molar-refractivity contribution in [1.82, 2.24) is 10.3 Å². The summed E-state index contributed by atoms with van der Waals surface area (Å²) in [6.45, 7) is -0.458. The van der Waals surface area contributed by atoms with Crippen molar-refractivity contribution in [3.63, 3.8) is 0 Å². The summed E-state index contributed by atoms with van der Waals surface area (Å²) in [4.78, 5) is 38.4. The molecule has 3 aromatic rings. The number of nitrogens with one attached hydrogen (secondary N) is 1. The molecular formula is C23H17BrF5N3O6. The van der Waals surface area contributed by atoms with Gasteiger partial charge in [-0.3, -0.25) is 14.4 Å². The fraction of sp³-hybridized carbons (Fsp3) is 0.217. The maximum absolute atomic E-state index is 14.8. The van der Waals surface area contributed by atoms with Gasteiger partial charge in [0.15, 0.2) is 22.3 Å². The molecule has 1 aromatic heterocycles. The van der Waals surface area contributed by atoms with Crippen molar-refractivity contribution in [1.29, 1.82) is 0 Å². The minimum absolute atomic E-state index is 0.0388. The van der Waals surface area contributed by atoms with Crippen molar-refractivity contribution in [2.75, 3.05) is 6.54 Å². The zero-order chi connectivity index (χ0) is 28.2. The number of aliphatic carboxylic acids is 1. The number of nitrogens with zero attached hydrogens (tertiary/aromatic N) is 1. The van der Waals surface area contributed by atoms with Gasteiger partial charge < -0.3 is 25.3 Å². The van der Waals surface area contributed by atoms with E-state index < -0.39 is 78.0 Å². The summed E-state index contributed by atoms with van der Waals surface area (Å²) in [5.41, 5.74) is 3.28. The van der Waals surface area contributed by atoms with E-state index in [-0.39, 0.29) is 21.8 Å². The summed E-state index contributed by atoms with van der Waals surface area (Å²) in [5, 5.41) is 11.1. The van der Waals surface area contributed by atoms with E-state index in [4.69, 9.17) is 20.0 Å². The van der Waals surface area contributed by atoms with Crippen LogP contribution in [0.5, 0.6) is 5.75 Å². The number of halogens is 6. The highest BCUT2D eigenvalue weighted by Crippen LogP contribution is 2.35. The monoisotopic (exact) mass is 605 g/mol. The van der Waals surface area contributed by atoms with Gasteiger partial charge in [-0.2, -0.15) is 13.2 Å². The van der Waals surface area contributed by atoms with Gasteiger partial charge in [0.1, 0.15) is 17.1 Å². The van der Waals surface area contributed by atoms with Crippen LogP contribution < -0.4 is 15.8 Å². The molecular weight excluding hydrogens is 589 g/mol. The molecule has 1 unspecified atom stereocenters. The Morgan fingerprint density at radius 1 is 1.11 bits per heavy atom. The van der Waals surface area contributed by atoms with Crippen LogP contribution in [0.1, 0.15) is 40.8 Å². The number of amides is 2. The summed E-state index contributed by atoms with van der Waals surface area (Å²) in [5.74, 6) is -6.99. The molecule has 0 aliphatic heterocycles. The minimum Gasteiger partial charge on any atom is -0.481 e. The molecule has 0 fully saturated rings. The maximum atomic E-state index is 14.8. The third-order valence-electron chi connectivity index (χ3n) is 4.99. The second kappa shape index (κ2) is 11.6. The summed E-state index contributed by atoms with van der Waals surface area (Å²) >= 11 is 3.10. The molecule has 9 nitrogen and oxygen atoms in total. The van der Waals surface area contributed by atoms with Crippen LogP contribution in [0.3, 0.4) is 0 Å². The molecule has 0 aliphatic carbocycles. The van der Waals surface area contributed by atoms with Crippen LogP contribution in [-0.2, 0) is 15.8 Å². The van der Waals surface area contributed by atoms with Crippen LogP contribution in [-0.4, -0.2) is 34.4 Å². The number of oxazole rings is 1. The Hall–Kier alpha value is -4.01. The molecule has 4 N–H and O–H groups in total. The Balaban J connectivity index is 1.95. The first-order valence-corrected chi connectivity index (χ1v) is 11.3. The highest BCUT2D eigenvalue weighted by molar-refractivity contribution is 9.10. The molecule has 15 heteroatoms. The molecule has 1 atom stereocenters. The van der Waals surface area contributed by atoms with E-state index in [9.17, 15) is 36.3 Å². The lowest BCUT2D eigenvalue weighted by Crippen LogP contribution is -2.31. The second-order valence-electron chi connectivity index (χ2n) is 7.65. The molecule has 2 amide bonds. The number of primary amides is 1. The number of aromatic nitrogens is 1. The van der Waals surface area contributed by atoms with E-state index in [1.807, 2.05) is 0 Å².